The van der Waals surface area contributed by atoms with Crippen molar-refractivity contribution in [3.05, 3.63) is 29.8 Å². The van der Waals surface area contributed by atoms with Gasteiger partial charge in [0.25, 0.3) is 5.91 Å². The van der Waals surface area contributed by atoms with Crippen molar-refractivity contribution >= 4 is 71.0 Å². The summed E-state index contributed by atoms with van der Waals surface area (Å²) in [6, 6.07) is -6.31. The molecule has 0 spiro atoms. The molecule has 1 aromatic carbocycles. The fraction of sp³-hybridized carbons (Fsp3) is 0.581. The minimum atomic E-state index is -1.89. The molecular formula is C43H65N13O14. The van der Waals surface area contributed by atoms with Gasteiger partial charge >= 0.3 is 6.03 Å². The van der Waals surface area contributed by atoms with Gasteiger partial charge in [-0.15, -0.1) is 0 Å². The van der Waals surface area contributed by atoms with Gasteiger partial charge in [-0.3, -0.25) is 58.2 Å². The third-order valence-corrected chi connectivity index (χ3v) is 11.4. The molecule has 2 aliphatic rings. The van der Waals surface area contributed by atoms with Crippen LogP contribution in [0.1, 0.15) is 84.6 Å². The summed E-state index contributed by atoms with van der Waals surface area (Å²) in [7, 11) is 0. The van der Waals surface area contributed by atoms with E-state index in [2.05, 4.69) is 42.6 Å². The number of aliphatic hydroxyl groups excluding tert-OH is 1. The van der Waals surface area contributed by atoms with Crippen molar-refractivity contribution in [1.82, 2.24) is 53.0 Å². The van der Waals surface area contributed by atoms with Crippen LogP contribution in [0.5, 0.6) is 5.75 Å². The zero-order valence-corrected chi connectivity index (χ0v) is 39.3. The predicted molar refractivity (Wildman–Crippen MR) is 244 cm³/mol. The molecule has 27 nitrogen and oxygen atoms in total. The second kappa shape index (κ2) is 26.8. The number of β-amino-alcohol motifs (C(OH)–C–C–N with tert-alkyl or cyclic N) is 1. The number of carbonyl (C=O) groups excluding carboxylic acids is 12. The molecule has 0 aromatic heterocycles. The Kier molecular flexibility index (Phi) is 21.7. The first-order chi connectivity index (χ1) is 32.9. The Morgan fingerprint density at radius 1 is 0.771 bits per heavy atom. The zero-order chi connectivity index (χ0) is 52.4. The standard InChI is InChI=1S/C43H65N13O14/c1-5-21(4)35-41(68)49-25(10-11-31(44)59)36(63)50-28(17-32(45)60)37(64)52-29(18-47-33(61)12-13-34(62)48-27(38(65)53-35)15-22-6-8-23(57)9-7-22)42(69)56-19-24(58)16-30(56)40(67)51-26(14-20(2)3)39(66)54-55-43(46)70/h6-9,20-21,24-30,35,57-58H,5,10-19H2,1-4H3,(H2,44,59)(H2,45,60)(H,47,61)(H,48,62)(H,49,68)(H,50,63)(H,51,67)(H,52,64)(H,53,65)(H,54,66)(H3,46,55,70)/t21-,24+,25-,26-,27-,28-,29-,30-,35-/m0/s1. The summed E-state index contributed by atoms with van der Waals surface area (Å²) in [6.07, 6.45) is -4.41. The molecule has 386 valence electrons. The molecule has 0 aliphatic carbocycles. The van der Waals surface area contributed by atoms with Gasteiger partial charge in [0.05, 0.1) is 12.5 Å². The van der Waals surface area contributed by atoms with E-state index in [0.29, 0.717) is 12.0 Å². The van der Waals surface area contributed by atoms with Gasteiger partial charge in [-0.25, -0.2) is 10.2 Å². The third kappa shape index (κ3) is 18.1. The molecule has 2 fully saturated rings. The lowest BCUT2D eigenvalue weighted by molar-refractivity contribution is -0.143. The molecule has 0 bridgehead atoms. The number of phenols is 1. The number of aliphatic hydroxyl groups is 1. The summed E-state index contributed by atoms with van der Waals surface area (Å²) < 4.78 is 0. The molecule has 3 rings (SSSR count). The number of aromatic hydroxyl groups is 1. The number of urea groups is 1. The highest BCUT2D eigenvalue weighted by molar-refractivity contribution is 5.99. The minimum absolute atomic E-state index is 0.0364. The van der Waals surface area contributed by atoms with Crippen molar-refractivity contribution in [2.24, 2.45) is 29.0 Å². The van der Waals surface area contributed by atoms with E-state index >= 15 is 0 Å². The molecule has 13 amide bonds. The van der Waals surface area contributed by atoms with Crippen LogP contribution in [-0.2, 0) is 59.2 Å². The molecule has 0 unspecified atom stereocenters. The number of amides is 13. The molecule has 0 saturated carbocycles. The first-order valence-electron chi connectivity index (χ1n) is 22.6. The maximum absolute atomic E-state index is 14.5. The normalized spacial score (nSPS) is 24.0. The Balaban J connectivity index is 2.08. The highest BCUT2D eigenvalue weighted by atomic mass is 16.3. The topological polar surface area (TPSA) is 435 Å². The van der Waals surface area contributed by atoms with Crippen LogP contribution >= 0.6 is 0 Å². The van der Waals surface area contributed by atoms with E-state index < -0.39 is 171 Å². The molecule has 0 radical (unpaired) electrons. The van der Waals surface area contributed by atoms with E-state index in [1.165, 1.54) is 24.3 Å². The largest absolute Gasteiger partial charge is 0.508 e. The van der Waals surface area contributed by atoms with Gasteiger partial charge in [0, 0.05) is 45.2 Å². The van der Waals surface area contributed by atoms with Gasteiger partial charge in [-0.2, -0.15) is 0 Å². The monoisotopic (exact) mass is 987 g/mol. The average molecular weight is 988 g/mol. The van der Waals surface area contributed by atoms with Crippen LogP contribution in [0.2, 0.25) is 0 Å². The van der Waals surface area contributed by atoms with Crippen molar-refractivity contribution < 1.29 is 67.7 Å². The van der Waals surface area contributed by atoms with Gasteiger partial charge in [-0.05, 0) is 42.4 Å². The van der Waals surface area contributed by atoms with Crippen LogP contribution in [0.25, 0.3) is 0 Å². The summed E-state index contributed by atoms with van der Waals surface area (Å²) >= 11 is 0. The molecule has 70 heavy (non-hydrogen) atoms. The summed E-state index contributed by atoms with van der Waals surface area (Å²) in [6.45, 7) is 5.55. The maximum atomic E-state index is 14.5. The van der Waals surface area contributed by atoms with Crippen LogP contribution in [0.4, 0.5) is 4.79 Å². The lowest BCUT2D eigenvalue weighted by Gasteiger charge is -2.31. The van der Waals surface area contributed by atoms with Gasteiger partial charge in [0.1, 0.15) is 48.0 Å². The van der Waals surface area contributed by atoms with Crippen LogP contribution in [0.15, 0.2) is 24.3 Å². The van der Waals surface area contributed by atoms with E-state index in [1.807, 2.05) is 5.43 Å². The number of nitrogens with two attached hydrogens (primary N) is 3. The van der Waals surface area contributed by atoms with Crippen LogP contribution in [0, 0.1) is 11.8 Å². The van der Waals surface area contributed by atoms with Crippen molar-refractivity contribution in [1.29, 1.82) is 0 Å². The Bertz CT molecular complexity index is 2120. The first kappa shape index (κ1) is 56.7. The molecule has 2 aliphatic heterocycles. The zero-order valence-electron chi connectivity index (χ0n) is 39.3. The number of likely N-dealkylation sites (tertiary alicyclic amines) is 1. The number of primary amides is 3. The molecule has 17 N–H and O–H groups in total. The molecule has 2 saturated heterocycles. The number of nitrogens with zero attached hydrogens (tertiary/aromatic N) is 1. The highest BCUT2D eigenvalue weighted by Crippen LogP contribution is 2.21. The van der Waals surface area contributed by atoms with Gasteiger partial charge in [0.15, 0.2) is 0 Å². The third-order valence-electron chi connectivity index (χ3n) is 11.4. The Morgan fingerprint density at radius 2 is 1.39 bits per heavy atom. The summed E-state index contributed by atoms with van der Waals surface area (Å²) in [5.74, 6) is -11.6. The lowest BCUT2D eigenvalue weighted by atomic mass is 9.96. The Morgan fingerprint density at radius 3 is 1.99 bits per heavy atom. The van der Waals surface area contributed by atoms with Crippen molar-refractivity contribution in [2.45, 2.75) is 134 Å². The SMILES string of the molecule is CC[C@H](C)[C@@H]1NC(=O)[C@H](Cc2ccc(O)cc2)NC(=O)CCC(=O)NC[C@@H](C(=O)N2C[C@H](O)C[C@H]2C(=O)N[C@@H](CC(C)C)C(=O)NNC(N)=O)NC(=O)[C@H](CC(N)=O)NC(=O)[C@H](CCC(N)=O)NC1=O. The lowest BCUT2D eigenvalue weighted by Crippen LogP contribution is -2.62. The second-order valence-corrected chi connectivity index (χ2v) is 17.6. The number of hydrogen-bond donors (Lipinski definition) is 14. The van der Waals surface area contributed by atoms with E-state index in [9.17, 15) is 67.7 Å². The second-order valence-electron chi connectivity index (χ2n) is 17.6. The van der Waals surface area contributed by atoms with Crippen LogP contribution in [-0.4, -0.2) is 148 Å². The van der Waals surface area contributed by atoms with Crippen LogP contribution in [0.3, 0.4) is 0 Å². The number of hydrogen-bond acceptors (Lipinski definition) is 14. The number of rotatable bonds is 15. The quantitative estimate of drug-likeness (QED) is 0.0731. The van der Waals surface area contributed by atoms with E-state index in [0.717, 1.165) is 4.90 Å². The van der Waals surface area contributed by atoms with Crippen LogP contribution < -0.4 is 65.3 Å². The Labute approximate surface area is 402 Å². The maximum Gasteiger partial charge on any atom is 0.330 e. The fourth-order valence-electron chi connectivity index (χ4n) is 7.49. The molecule has 1 aromatic rings. The van der Waals surface area contributed by atoms with E-state index in [4.69, 9.17) is 17.2 Å². The van der Waals surface area contributed by atoms with Gasteiger partial charge in [0.2, 0.25) is 59.1 Å². The van der Waals surface area contributed by atoms with Crippen molar-refractivity contribution in [3.63, 3.8) is 0 Å². The minimum Gasteiger partial charge on any atom is -0.508 e. The van der Waals surface area contributed by atoms with E-state index in [-0.39, 0.29) is 30.9 Å². The van der Waals surface area contributed by atoms with Crippen molar-refractivity contribution in [3.8, 4) is 5.75 Å². The smallest absolute Gasteiger partial charge is 0.330 e. The Hall–Kier alpha value is -7.58. The summed E-state index contributed by atoms with van der Waals surface area (Å²) in [5.41, 5.74) is 20.3. The number of carbonyl (C=O) groups is 12. The predicted octanol–water partition coefficient (Wildman–Crippen LogP) is -5.35. The highest BCUT2D eigenvalue weighted by Gasteiger charge is 2.43. The molecule has 2 heterocycles. The molecule has 27 heteroatoms. The van der Waals surface area contributed by atoms with E-state index in [1.54, 1.807) is 27.7 Å². The van der Waals surface area contributed by atoms with Gasteiger partial charge in [-0.1, -0.05) is 46.2 Å². The molecular weight excluding hydrogens is 923 g/mol. The fourth-order valence-corrected chi connectivity index (χ4v) is 7.49. The van der Waals surface area contributed by atoms with Gasteiger partial charge < -0.3 is 69.5 Å². The summed E-state index contributed by atoms with van der Waals surface area (Å²) in [4.78, 5) is 160. The number of phenolic OH excluding ortho intramolecular Hbond substituents is 1. The summed E-state index contributed by atoms with van der Waals surface area (Å²) in [5, 5.41) is 37.8. The number of benzene rings is 1. The molecule has 9 atom stereocenters. The first-order valence-corrected chi connectivity index (χ1v) is 22.6. The number of hydrazine groups is 1. The average Bonchev–Trinajstić information content (AvgIpc) is 3.69. The number of nitrogens with one attached hydrogen (secondary N) is 9. The van der Waals surface area contributed by atoms with Crippen molar-refractivity contribution in [2.75, 3.05) is 13.1 Å².